The molecule has 0 atom stereocenters. The van der Waals surface area contributed by atoms with E-state index in [4.69, 9.17) is 0 Å². The van der Waals surface area contributed by atoms with Crippen LogP contribution < -0.4 is 5.32 Å². The lowest BCUT2D eigenvalue weighted by Crippen LogP contribution is -2.29. The van der Waals surface area contributed by atoms with E-state index >= 15 is 0 Å². The number of benzene rings is 1. The van der Waals surface area contributed by atoms with Gasteiger partial charge < -0.3 is 10.2 Å². The van der Waals surface area contributed by atoms with Gasteiger partial charge in [-0.1, -0.05) is 6.07 Å². The van der Waals surface area contributed by atoms with Crippen LogP contribution in [0, 0.1) is 6.92 Å². The van der Waals surface area contributed by atoms with E-state index in [1.807, 2.05) is 38.2 Å². The van der Waals surface area contributed by atoms with Crippen LogP contribution >= 0.6 is 11.3 Å². The number of anilines is 1. The fourth-order valence-corrected chi connectivity index (χ4v) is 2.96. The first-order valence-corrected chi connectivity index (χ1v) is 8.12. The summed E-state index contributed by atoms with van der Waals surface area (Å²) < 4.78 is 0. The van der Waals surface area contributed by atoms with E-state index in [2.05, 4.69) is 23.7 Å². The Labute approximate surface area is 130 Å². The number of amides is 1. The van der Waals surface area contributed by atoms with E-state index in [1.165, 1.54) is 4.88 Å². The second kappa shape index (κ2) is 7.27. The molecule has 112 valence electrons. The topological polar surface area (TPSA) is 32.3 Å². The number of rotatable bonds is 6. The lowest BCUT2D eigenvalue weighted by Gasteiger charge is -2.18. The number of carbonyl (C=O) groups is 1. The molecule has 0 unspecified atom stereocenters. The zero-order chi connectivity index (χ0) is 15.2. The van der Waals surface area contributed by atoms with Crippen molar-refractivity contribution < 1.29 is 4.79 Å². The lowest BCUT2D eigenvalue weighted by molar-refractivity contribution is 0.0796. The number of nitrogens with one attached hydrogen (secondary N) is 1. The van der Waals surface area contributed by atoms with Gasteiger partial charge in [-0.05, 0) is 55.5 Å². The third kappa shape index (κ3) is 4.08. The molecule has 2 aromatic rings. The maximum atomic E-state index is 12.5. The van der Waals surface area contributed by atoms with Crippen molar-refractivity contribution in [3.05, 3.63) is 51.7 Å². The summed E-state index contributed by atoms with van der Waals surface area (Å²) in [6, 6.07) is 10.1. The molecule has 0 aliphatic heterocycles. The molecule has 0 fully saturated rings. The molecule has 4 heteroatoms. The molecule has 1 aromatic carbocycles. The number of nitrogens with zero attached hydrogens (tertiary/aromatic N) is 1. The van der Waals surface area contributed by atoms with Crippen LogP contribution in [0.4, 0.5) is 5.69 Å². The number of hydrogen-bond acceptors (Lipinski definition) is 3. The highest BCUT2D eigenvalue weighted by atomic mass is 32.1. The maximum absolute atomic E-state index is 12.5. The Morgan fingerprint density at radius 2 is 2.14 bits per heavy atom. The van der Waals surface area contributed by atoms with Gasteiger partial charge in [0.05, 0.1) is 0 Å². The van der Waals surface area contributed by atoms with Crippen molar-refractivity contribution >= 4 is 22.9 Å². The molecule has 2 rings (SSSR count). The first-order chi connectivity index (χ1) is 10.1. The molecule has 1 N–H and O–H groups in total. The summed E-state index contributed by atoms with van der Waals surface area (Å²) in [4.78, 5) is 15.6. The molecule has 0 spiro atoms. The van der Waals surface area contributed by atoms with Gasteiger partial charge in [0.15, 0.2) is 0 Å². The summed E-state index contributed by atoms with van der Waals surface area (Å²) in [7, 11) is 1.87. The second-order valence-corrected chi connectivity index (χ2v) is 6.15. The quantitative estimate of drug-likeness (QED) is 0.880. The van der Waals surface area contributed by atoms with Crippen molar-refractivity contribution in [2.24, 2.45) is 0 Å². The second-order valence-electron chi connectivity index (χ2n) is 5.12. The molecule has 0 bridgehead atoms. The highest BCUT2D eigenvalue weighted by molar-refractivity contribution is 7.09. The van der Waals surface area contributed by atoms with Crippen LogP contribution in [0.25, 0.3) is 0 Å². The van der Waals surface area contributed by atoms with Gasteiger partial charge >= 0.3 is 0 Å². The molecule has 1 amide bonds. The van der Waals surface area contributed by atoms with Crippen molar-refractivity contribution in [1.82, 2.24) is 4.90 Å². The standard InChI is InChI=1S/C17H22N2OS/c1-4-18-14-7-8-16(13(2)12-14)17(20)19(3)10-9-15-6-5-11-21-15/h5-8,11-12,18H,4,9-10H2,1-3H3. The zero-order valence-corrected chi connectivity index (χ0v) is 13.7. The minimum atomic E-state index is 0.0899. The largest absolute Gasteiger partial charge is 0.385 e. The Hall–Kier alpha value is -1.81. The third-order valence-corrected chi connectivity index (χ3v) is 4.39. The van der Waals surface area contributed by atoms with Gasteiger partial charge in [-0.2, -0.15) is 0 Å². The van der Waals surface area contributed by atoms with E-state index in [0.717, 1.165) is 36.3 Å². The van der Waals surface area contributed by atoms with E-state index in [0.29, 0.717) is 0 Å². The summed E-state index contributed by atoms with van der Waals surface area (Å²) in [5.41, 5.74) is 2.86. The fourth-order valence-electron chi connectivity index (χ4n) is 2.26. The van der Waals surface area contributed by atoms with Gasteiger partial charge in [-0.15, -0.1) is 11.3 Å². The monoisotopic (exact) mass is 302 g/mol. The van der Waals surface area contributed by atoms with Crippen molar-refractivity contribution in [2.45, 2.75) is 20.3 Å². The molecule has 1 aromatic heterocycles. The Morgan fingerprint density at radius 3 is 2.76 bits per heavy atom. The summed E-state index contributed by atoms with van der Waals surface area (Å²) >= 11 is 1.74. The van der Waals surface area contributed by atoms with Crippen LogP contribution in [-0.4, -0.2) is 30.9 Å². The summed E-state index contributed by atoms with van der Waals surface area (Å²) in [5.74, 6) is 0.0899. The molecule has 0 aliphatic rings. The summed E-state index contributed by atoms with van der Waals surface area (Å²) in [5, 5.41) is 5.33. The third-order valence-electron chi connectivity index (χ3n) is 3.46. The van der Waals surface area contributed by atoms with Gasteiger partial charge in [0.1, 0.15) is 0 Å². The van der Waals surface area contributed by atoms with Crippen LogP contribution in [0.5, 0.6) is 0 Å². The molecule has 0 aliphatic carbocycles. The predicted molar refractivity (Wildman–Crippen MR) is 90.3 cm³/mol. The SMILES string of the molecule is CCNc1ccc(C(=O)N(C)CCc2cccs2)c(C)c1. The van der Waals surface area contributed by atoms with Crippen molar-refractivity contribution in [2.75, 3.05) is 25.5 Å². The van der Waals surface area contributed by atoms with Crippen molar-refractivity contribution in [3.63, 3.8) is 0 Å². The van der Waals surface area contributed by atoms with E-state index < -0.39 is 0 Å². The molecular formula is C17H22N2OS. The van der Waals surface area contributed by atoms with Gasteiger partial charge in [-0.3, -0.25) is 4.79 Å². The first kappa shape index (κ1) is 15.6. The van der Waals surface area contributed by atoms with Crippen LogP contribution in [0.1, 0.15) is 27.7 Å². The highest BCUT2D eigenvalue weighted by Crippen LogP contribution is 2.17. The molecular weight excluding hydrogens is 280 g/mol. The number of thiophene rings is 1. The number of likely N-dealkylation sites (N-methyl/N-ethyl adjacent to an activating group) is 1. The van der Waals surface area contributed by atoms with Crippen molar-refractivity contribution in [3.8, 4) is 0 Å². The van der Waals surface area contributed by atoms with E-state index in [-0.39, 0.29) is 5.91 Å². The van der Waals surface area contributed by atoms with E-state index in [1.54, 1.807) is 16.2 Å². The number of carbonyl (C=O) groups excluding carboxylic acids is 1. The minimum absolute atomic E-state index is 0.0899. The molecule has 1 heterocycles. The zero-order valence-electron chi connectivity index (χ0n) is 12.8. The van der Waals surface area contributed by atoms with Crippen molar-refractivity contribution in [1.29, 1.82) is 0 Å². The maximum Gasteiger partial charge on any atom is 0.253 e. The van der Waals surface area contributed by atoms with Crippen LogP contribution in [0.15, 0.2) is 35.7 Å². The van der Waals surface area contributed by atoms with Gasteiger partial charge in [-0.25, -0.2) is 0 Å². The fraction of sp³-hybridized carbons (Fsp3) is 0.353. The first-order valence-electron chi connectivity index (χ1n) is 7.24. The van der Waals surface area contributed by atoms with Crippen LogP contribution in [0.2, 0.25) is 0 Å². The molecule has 21 heavy (non-hydrogen) atoms. The van der Waals surface area contributed by atoms with Gasteiger partial charge in [0.2, 0.25) is 0 Å². The molecule has 0 saturated heterocycles. The number of hydrogen-bond donors (Lipinski definition) is 1. The lowest BCUT2D eigenvalue weighted by atomic mass is 10.1. The Bertz CT molecular complexity index is 593. The minimum Gasteiger partial charge on any atom is -0.385 e. The Kier molecular flexibility index (Phi) is 5.39. The molecule has 0 radical (unpaired) electrons. The molecule has 0 saturated carbocycles. The smallest absolute Gasteiger partial charge is 0.253 e. The Balaban J connectivity index is 2.01. The van der Waals surface area contributed by atoms with Gasteiger partial charge in [0.25, 0.3) is 5.91 Å². The molecule has 3 nitrogen and oxygen atoms in total. The van der Waals surface area contributed by atoms with Crippen LogP contribution in [0.3, 0.4) is 0 Å². The highest BCUT2D eigenvalue weighted by Gasteiger charge is 2.14. The predicted octanol–water partition coefficient (Wildman–Crippen LogP) is 3.80. The normalized spacial score (nSPS) is 10.4. The van der Waals surface area contributed by atoms with Gasteiger partial charge in [0, 0.05) is 36.3 Å². The summed E-state index contributed by atoms with van der Waals surface area (Å²) in [6.07, 6.45) is 0.911. The average Bonchev–Trinajstić information content (AvgIpc) is 2.98. The van der Waals surface area contributed by atoms with E-state index in [9.17, 15) is 4.79 Å². The average molecular weight is 302 g/mol. The Morgan fingerprint density at radius 1 is 1.33 bits per heavy atom. The summed E-state index contributed by atoms with van der Waals surface area (Å²) in [6.45, 7) is 5.68. The van der Waals surface area contributed by atoms with Crippen LogP contribution in [-0.2, 0) is 6.42 Å². The number of aryl methyl sites for hydroxylation is 1.